The highest BCUT2D eigenvalue weighted by Crippen LogP contribution is 2.29. The number of β-amino-alcohol motifs (C(OH)–C–C–N with tert-alkyl or cyclic N) is 1. The van der Waals surface area contributed by atoms with Crippen molar-refractivity contribution in [1.29, 1.82) is 0 Å². The molecule has 1 aliphatic rings. The summed E-state index contributed by atoms with van der Waals surface area (Å²) in [4.78, 5) is 2.60. The van der Waals surface area contributed by atoms with Gasteiger partial charge >= 0.3 is 0 Å². The Morgan fingerprint density at radius 1 is 1.40 bits per heavy atom. The topological polar surface area (TPSA) is 57.6 Å². The molecule has 20 heavy (non-hydrogen) atoms. The van der Waals surface area contributed by atoms with Crippen LogP contribution in [0.25, 0.3) is 0 Å². The Hall–Kier alpha value is -0.910. The van der Waals surface area contributed by atoms with Crippen molar-refractivity contribution in [2.45, 2.75) is 36.7 Å². The highest BCUT2D eigenvalue weighted by molar-refractivity contribution is 7.90. The second-order valence-electron chi connectivity index (χ2n) is 5.61. The molecule has 1 heterocycles. The van der Waals surface area contributed by atoms with Crippen LogP contribution in [0.1, 0.15) is 31.2 Å². The van der Waals surface area contributed by atoms with Gasteiger partial charge in [0.05, 0.1) is 11.0 Å². The predicted molar refractivity (Wildman–Crippen MR) is 79.6 cm³/mol. The third-order valence-corrected chi connectivity index (χ3v) is 5.03. The molecule has 5 heteroatoms. The van der Waals surface area contributed by atoms with Crippen LogP contribution in [0.15, 0.2) is 29.2 Å². The van der Waals surface area contributed by atoms with E-state index >= 15 is 0 Å². The first kappa shape index (κ1) is 15.5. The number of aliphatic hydroxyl groups is 1. The van der Waals surface area contributed by atoms with Crippen LogP contribution < -0.4 is 0 Å². The second-order valence-corrected chi connectivity index (χ2v) is 7.62. The van der Waals surface area contributed by atoms with E-state index in [4.69, 9.17) is 0 Å². The van der Waals surface area contributed by atoms with Crippen molar-refractivity contribution in [2.75, 3.05) is 25.9 Å². The van der Waals surface area contributed by atoms with Crippen molar-refractivity contribution in [3.63, 3.8) is 0 Å². The van der Waals surface area contributed by atoms with Gasteiger partial charge in [-0.25, -0.2) is 8.42 Å². The van der Waals surface area contributed by atoms with Gasteiger partial charge in [-0.15, -0.1) is 0 Å². The molecule has 0 bridgehead atoms. The Labute approximate surface area is 121 Å². The first-order chi connectivity index (χ1) is 9.41. The molecule has 2 atom stereocenters. The second kappa shape index (κ2) is 6.24. The number of sulfone groups is 1. The first-order valence-corrected chi connectivity index (χ1v) is 9.01. The van der Waals surface area contributed by atoms with Gasteiger partial charge in [0, 0.05) is 18.7 Å². The Balaban J connectivity index is 2.17. The number of benzene rings is 1. The molecule has 1 N–H and O–H groups in total. The van der Waals surface area contributed by atoms with Crippen molar-refractivity contribution >= 4 is 9.84 Å². The lowest BCUT2D eigenvalue weighted by atomic mass is 9.87. The number of hydrogen-bond donors (Lipinski definition) is 1. The van der Waals surface area contributed by atoms with Gasteiger partial charge in [0.25, 0.3) is 0 Å². The highest BCUT2D eigenvalue weighted by Gasteiger charge is 2.28. The van der Waals surface area contributed by atoms with Crippen molar-refractivity contribution < 1.29 is 13.5 Å². The van der Waals surface area contributed by atoms with Crippen molar-refractivity contribution in [3.8, 4) is 0 Å². The molecule has 2 rings (SSSR count). The lowest BCUT2D eigenvalue weighted by Gasteiger charge is -2.36. The Morgan fingerprint density at radius 2 is 2.15 bits per heavy atom. The molecule has 0 saturated carbocycles. The quantitative estimate of drug-likeness (QED) is 0.918. The molecule has 1 aromatic carbocycles. The zero-order valence-electron chi connectivity index (χ0n) is 12.1. The summed E-state index contributed by atoms with van der Waals surface area (Å²) < 4.78 is 23.2. The third kappa shape index (κ3) is 3.59. The highest BCUT2D eigenvalue weighted by atomic mass is 32.2. The zero-order valence-corrected chi connectivity index (χ0v) is 12.9. The van der Waals surface area contributed by atoms with Crippen molar-refractivity contribution in [2.24, 2.45) is 0 Å². The molecule has 1 saturated heterocycles. The summed E-state index contributed by atoms with van der Waals surface area (Å²) >= 11 is 0. The van der Waals surface area contributed by atoms with E-state index < -0.39 is 15.9 Å². The monoisotopic (exact) mass is 297 g/mol. The van der Waals surface area contributed by atoms with E-state index in [1.807, 2.05) is 6.07 Å². The zero-order chi connectivity index (χ0) is 14.8. The average Bonchev–Trinajstić information content (AvgIpc) is 2.38. The molecule has 2 unspecified atom stereocenters. The van der Waals surface area contributed by atoms with E-state index in [1.165, 1.54) is 6.26 Å². The van der Waals surface area contributed by atoms with E-state index in [9.17, 15) is 13.5 Å². The fourth-order valence-corrected chi connectivity index (χ4v) is 3.56. The predicted octanol–water partition coefficient (Wildman–Crippen LogP) is 1.65. The van der Waals surface area contributed by atoms with Gasteiger partial charge < -0.3 is 10.0 Å². The summed E-state index contributed by atoms with van der Waals surface area (Å²) in [5.41, 5.74) is 0.927. The number of aliphatic hydroxyl groups excluding tert-OH is 1. The molecule has 1 aliphatic heterocycles. The molecular weight excluding hydrogens is 274 g/mol. The summed E-state index contributed by atoms with van der Waals surface area (Å²) in [5.74, 6) is 0.0322. The Morgan fingerprint density at radius 3 is 2.75 bits per heavy atom. The van der Waals surface area contributed by atoms with Crippen LogP contribution in [0.5, 0.6) is 0 Å². The van der Waals surface area contributed by atoms with Gasteiger partial charge in [0.2, 0.25) is 0 Å². The third-order valence-electron chi connectivity index (χ3n) is 3.92. The lowest BCUT2D eigenvalue weighted by molar-refractivity contribution is 0.0514. The standard InChI is InChI=1S/C15H23NO3S/c1-3-8-16-9-7-14(15(17)11-16)12-5-4-6-13(10-12)20(2,18)19/h4-6,10,14-15,17H,3,7-9,11H2,1-2H3. The van der Waals surface area contributed by atoms with Gasteiger partial charge in [-0.05, 0) is 43.6 Å². The average molecular weight is 297 g/mol. The summed E-state index contributed by atoms with van der Waals surface area (Å²) in [7, 11) is -3.19. The molecule has 1 fully saturated rings. The Kier molecular flexibility index (Phi) is 4.83. The molecule has 1 aromatic rings. The largest absolute Gasteiger partial charge is 0.391 e. The van der Waals surface area contributed by atoms with Crippen LogP contribution in [0.2, 0.25) is 0 Å². The van der Waals surface area contributed by atoms with E-state index in [2.05, 4.69) is 11.8 Å². The smallest absolute Gasteiger partial charge is 0.175 e. The molecule has 0 aromatic heterocycles. The molecule has 0 spiro atoms. The van der Waals surface area contributed by atoms with E-state index in [1.54, 1.807) is 18.2 Å². The normalized spacial score (nSPS) is 24.8. The maximum atomic E-state index is 11.6. The van der Waals surface area contributed by atoms with Crippen LogP contribution in [-0.4, -0.2) is 50.4 Å². The number of likely N-dealkylation sites (tertiary alicyclic amines) is 1. The number of nitrogens with zero attached hydrogens (tertiary/aromatic N) is 1. The summed E-state index contributed by atoms with van der Waals surface area (Å²) in [6, 6.07) is 6.99. The maximum Gasteiger partial charge on any atom is 0.175 e. The molecule has 0 radical (unpaired) electrons. The number of piperidine rings is 1. The SMILES string of the molecule is CCCN1CCC(c2cccc(S(C)(=O)=O)c2)C(O)C1. The van der Waals surface area contributed by atoms with Gasteiger partial charge in [-0.1, -0.05) is 19.1 Å². The van der Waals surface area contributed by atoms with Crippen molar-refractivity contribution in [3.05, 3.63) is 29.8 Å². The maximum absolute atomic E-state index is 11.6. The van der Waals surface area contributed by atoms with E-state index in [0.717, 1.165) is 31.5 Å². The summed E-state index contributed by atoms with van der Waals surface area (Å²) in [5, 5.41) is 10.3. The van der Waals surface area contributed by atoms with Crippen LogP contribution in [0, 0.1) is 0 Å². The number of rotatable bonds is 4. The lowest BCUT2D eigenvalue weighted by Crippen LogP contribution is -2.43. The molecule has 0 aliphatic carbocycles. The first-order valence-electron chi connectivity index (χ1n) is 7.12. The minimum Gasteiger partial charge on any atom is -0.391 e. The van der Waals surface area contributed by atoms with Crippen LogP contribution in [-0.2, 0) is 9.84 Å². The summed E-state index contributed by atoms with van der Waals surface area (Å²) in [6.07, 6.45) is 2.74. The van der Waals surface area contributed by atoms with Gasteiger partial charge in [-0.3, -0.25) is 0 Å². The Bertz CT molecular complexity index is 556. The van der Waals surface area contributed by atoms with Crippen LogP contribution >= 0.6 is 0 Å². The van der Waals surface area contributed by atoms with Gasteiger partial charge in [0.15, 0.2) is 9.84 Å². The van der Waals surface area contributed by atoms with E-state index in [0.29, 0.717) is 11.4 Å². The fraction of sp³-hybridized carbons (Fsp3) is 0.600. The van der Waals surface area contributed by atoms with Gasteiger partial charge in [0.1, 0.15) is 0 Å². The van der Waals surface area contributed by atoms with Crippen molar-refractivity contribution in [1.82, 2.24) is 4.90 Å². The minimum atomic E-state index is -3.19. The van der Waals surface area contributed by atoms with Crippen LogP contribution in [0.3, 0.4) is 0 Å². The van der Waals surface area contributed by atoms with E-state index in [-0.39, 0.29) is 5.92 Å². The molecule has 112 valence electrons. The fourth-order valence-electron chi connectivity index (χ4n) is 2.88. The molecule has 0 amide bonds. The summed E-state index contributed by atoms with van der Waals surface area (Å²) in [6.45, 7) is 4.77. The molecular formula is C15H23NO3S. The van der Waals surface area contributed by atoms with Crippen LogP contribution in [0.4, 0.5) is 0 Å². The minimum absolute atomic E-state index is 0.0322. The molecule has 4 nitrogen and oxygen atoms in total. The number of hydrogen-bond acceptors (Lipinski definition) is 4. The van der Waals surface area contributed by atoms with Gasteiger partial charge in [-0.2, -0.15) is 0 Å².